The Kier molecular flexibility index (Phi) is 6.70. The molecule has 0 aliphatic carbocycles. The molecule has 1 atom stereocenters. The first-order valence-corrected chi connectivity index (χ1v) is 5.87. The van der Waals surface area contributed by atoms with E-state index in [9.17, 15) is 4.79 Å². The molecule has 0 fully saturated rings. The summed E-state index contributed by atoms with van der Waals surface area (Å²) in [6.45, 7) is 3.97. The Labute approximate surface area is 113 Å². The fourth-order valence-electron chi connectivity index (χ4n) is 1.50. The van der Waals surface area contributed by atoms with Crippen LogP contribution < -0.4 is 10.5 Å². The van der Waals surface area contributed by atoms with Crippen molar-refractivity contribution >= 4 is 13.5 Å². The fraction of sp³-hybridized carbons (Fsp3) is 0.308. The Hall–Kier alpha value is -1.79. The van der Waals surface area contributed by atoms with Crippen LogP contribution in [0.4, 0.5) is 0 Å². The molecule has 0 amide bonds. The van der Waals surface area contributed by atoms with Crippen molar-refractivity contribution in [1.82, 2.24) is 0 Å². The summed E-state index contributed by atoms with van der Waals surface area (Å²) >= 11 is 0. The SMILES string of the molecule is C=CCOc1ccc(C[C@H]([B]OCN)C(=O)O)cc1. The molecular weight excluding hydrogens is 245 g/mol. The minimum atomic E-state index is -0.944. The smallest absolute Gasteiger partial charge is 0.309 e. The number of carboxylic acids is 1. The van der Waals surface area contributed by atoms with Crippen molar-refractivity contribution in [3.8, 4) is 5.75 Å². The van der Waals surface area contributed by atoms with Gasteiger partial charge in [-0.2, -0.15) is 0 Å². The van der Waals surface area contributed by atoms with Crippen LogP contribution in [0.1, 0.15) is 5.56 Å². The Morgan fingerprint density at radius 1 is 1.47 bits per heavy atom. The molecule has 0 aromatic heterocycles. The van der Waals surface area contributed by atoms with Crippen LogP contribution in [0.5, 0.6) is 5.75 Å². The van der Waals surface area contributed by atoms with Crippen LogP contribution >= 0.6 is 0 Å². The van der Waals surface area contributed by atoms with Crippen LogP contribution in [0.3, 0.4) is 0 Å². The monoisotopic (exact) mass is 262 g/mol. The van der Waals surface area contributed by atoms with E-state index in [0.29, 0.717) is 13.0 Å². The van der Waals surface area contributed by atoms with Crippen molar-refractivity contribution in [2.75, 3.05) is 13.3 Å². The van der Waals surface area contributed by atoms with Gasteiger partial charge in [0.05, 0.1) is 12.5 Å². The number of hydrogen-bond acceptors (Lipinski definition) is 4. The molecule has 19 heavy (non-hydrogen) atoms. The number of hydrogen-bond donors (Lipinski definition) is 2. The average Bonchev–Trinajstić information content (AvgIpc) is 2.42. The zero-order valence-electron chi connectivity index (χ0n) is 10.6. The van der Waals surface area contributed by atoms with Gasteiger partial charge in [-0.15, -0.1) is 0 Å². The highest BCUT2D eigenvalue weighted by Crippen LogP contribution is 2.17. The molecular formula is C13H17BNO4. The van der Waals surface area contributed by atoms with Crippen LogP contribution in [0, 0.1) is 0 Å². The molecule has 0 saturated heterocycles. The highest BCUT2D eigenvalue weighted by Gasteiger charge is 2.20. The third-order valence-corrected chi connectivity index (χ3v) is 2.42. The molecule has 1 aromatic rings. The van der Waals surface area contributed by atoms with Crippen LogP contribution in [0.15, 0.2) is 36.9 Å². The molecule has 101 valence electrons. The highest BCUT2D eigenvalue weighted by molar-refractivity contribution is 6.36. The standard InChI is InChI=1S/C13H17BNO4/c1-2-7-18-11-5-3-10(4-6-11)8-12(13(16)17)14-19-9-15/h2-6,12H,1,7-9,15H2,(H,16,17)/t12-/m0/s1. The summed E-state index contributed by atoms with van der Waals surface area (Å²) in [4.78, 5) is 11.0. The predicted octanol–water partition coefficient (Wildman–Crippen LogP) is 1.22. The lowest BCUT2D eigenvalue weighted by Gasteiger charge is -2.11. The van der Waals surface area contributed by atoms with E-state index in [1.807, 2.05) is 12.1 Å². The molecule has 1 rings (SSSR count). The predicted molar refractivity (Wildman–Crippen MR) is 73.1 cm³/mol. The Bertz CT molecular complexity index is 408. The zero-order valence-corrected chi connectivity index (χ0v) is 10.6. The van der Waals surface area contributed by atoms with E-state index in [1.165, 1.54) is 7.48 Å². The maximum atomic E-state index is 11.0. The number of aliphatic carboxylic acids is 1. The number of benzene rings is 1. The summed E-state index contributed by atoms with van der Waals surface area (Å²) in [7, 11) is 1.25. The van der Waals surface area contributed by atoms with Crippen molar-refractivity contribution in [3.05, 3.63) is 42.5 Å². The van der Waals surface area contributed by atoms with Gasteiger partial charge in [-0.05, 0) is 24.1 Å². The maximum absolute atomic E-state index is 11.0. The highest BCUT2D eigenvalue weighted by atomic mass is 16.5. The summed E-state index contributed by atoms with van der Waals surface area (Å²) in [5, 5.41) is 9.04. The average molecular weight is 262 g/mol. The molecule has 0 saturated carbocycles. The van der Waals surface area contributed by atoms with Gasteiger partial charge in [0.1, 0.15) is 12.4 Å². The Morgan fingerprint density at radius 3 is 2.68 bits per heavy atom. The van der Waals surface area contributed by atoms with Crippen molar-refractivity contribution in [2.45, 2.75) is 12.2 Å². The van der Waals surface area contributed by atoms with Gasteiger partial charge >= 0.3 is 13.5 Å². The molecule has 0 aliphatic heterocycles. The van der Waals surface area contributed by atoms with E-state index in [0.717, 1.165) is 11.3 Å². The van der Waals surface area contributed by atoms with Crippen molar-refractivity contribution in [3.63, 3.8) is 0 Å². The second-order valence-corrected chi connectivity index (χ2v) is 3.86. The van der Waals surface area contributed by atoms with Gasteiger partial charge < -0.3 is 20.2 Å². The van der Waals surface area contributed by atoms with Gasteiger partial charge in [-0.1, -0.05) is 24.8 Å². The van der Waals surface area contributed by atoms with E-state index in [1.54, 1.807) is 18.2 Å². The second-order valence-electron chi connectivity index (χ2n) is 3.86. The van der Waals surface area contributed by atoms with E-state index >= 15 is 0 Å². The number of carbonyl (C=O) groups is 1. The van der Waals surface area contributed by atoms with Gasteiger partial charge in [-0.3, -0.25) is 4.79 Å². The summed E-state index contributed by atoms with van der Waals surface area (Å²) in [6, 6.07) is 7.23. The van der Waals surface area contributed by atoms with Gasteiger partial charge in [0, 0.05) is 0 Å². The minimum Gasteiger partial charge on any atom is -0.490 e. The maximum Gasteiger partial charge on any atom is 0.309 e. The first-order chi connectivity index (χ1) is 9.17. The molecule has 0 bridgehead atoms. The molecule has 6 heteroatoms. The third kappa shape index (κ3) is 5.59. The quantitative estimate of drug-likeness (QED) is 0.397. The topological polar surface area (TPSA) is 81.8 Å². The third-order valence-electron chi connectivity index (χ3n) is 2.42. The summed E-state index contributed by atoms with van der Waals surface area (Å²) < 4.78 is 10.2. The second kappa shape index (κ2) is 8.34. The van der Waals surface area contributed by atoms with E-state index < -0.39 is 11.8 Å². The van der Waals surface area contributed by atoms with Gasteiger partial charge in [0.25, 0.3) is 0 Å². The van der Waals surface area contributed by atoms with E-state index in [-0.39, 0.29) is 6.73 Å². The summed E-state index contributed by atoms with van der Waals surface area (Å²) in [5.74, 6) is -0.943. The Balaban J connectivity index is 2.58. The van der Waals surface area contributed by atoms with E-state index in [2.05, 4.69) is 6.58 Å². The van der Waals surface area contributed by atoms with Crippen molar-refractivity contribution in [1.29, 1.82) is 0 Å². The molecule has 0 unspecified atom stereocenters. The first-order valence-electron chi connectivity index (χ1n) is 5.87. The first kappa shape index (κ1) is 15.3. The zero-order chi connectivity index (χ0) is 14.1. The molecule has 5 nitrogen and oxygen atoms in total. The van der Waals surface area contributed by atoms with Gasteiger partial charge in [0.15, 0.2) is 0 Å². The number of ether oxygens (including phenoxy) is 1. The minimum absolute atomic E-state index is 0.0297. The molecule has 1 radical (unpaired) electrons. The van der Waals surface area contributed by atoms with Crippen LogP contribution in [-0.2, 0) is 15.9 Å². The van der Waals surface area contributed by atoms with Gasteiger partial charge in [0.2, 0.25) is 0 Å². The van der Waals surface area contributed by atoms with Crippen LogP contribution in [0.25, 0.3) is 0 Å². The van der Waals surface area contributed by atoms with Crippen LogP contribution in [-0.4, -0.2) is 31.9 Å². The summed E-state index contributed by atoms with van der Waals surface area (Å²) in [6.07, 6.45) is 2.00. The van der Waals surface area contributed by atoms with Crippen molar-refractivity contribution in [2.24, 2.45) is 5.73 Å². The number of rotatable bonds is 9. The molecule has 3 N–H and O–H groups in total. The van der Waals surface area contributed by atoms with Gasteiger partial charge in [-0.25, -0.2) is 0 Å². The van der Waals surface area contributed by atoms with E-state index in [4.69, 9.17) is 20.2 Å². The normalized spacial score (nSPS) is 11.6. The molecule has 0 heterocycles. The molecule has 1 aromatic carbocycles. The fourth-order valence-corrected chi connectivity index (χ4v) is 1.50. The number of carboxylic acid groups (broad SMARTS) is 1. The number of nitrogens with two attached hydrogens (primary N) is 1. The largest absolute Gasteiger partial charge is 0.490 e. The van der Waals surface area contributed by atoms with Crippen molar-refractivity contribution < 1.29 is 19.3 Å². The Morgan fingerprint density at radius 2 is 2.16 bits per heavy atom. The summed E-state index contributed by atoms with van der Waals surface area (Å²) in [5.41, 5.74) is 6.05. The van der Waals surface area contributed by atoms with Crippen LogP contribution in [0.2, 0.25) is 5.82 Å². The molecule has 0 spiro atoms. The lowest BCUT2D eigenvalue weighted by Crippen LogP contribution is -2.21. The molecule has 0 aliphatic rings. The lowest BCUT2D eigenvalue weighted by atomic mass is 9.76. The lowest BCUT2D eigenvalue weighted by molar-refractivity contribution is -0.137.